The second-order valence-corrected chi connectivity index (χ2v) is 8.46. The van der Waals surface area contributed by atoms with E-state index < -0.39 is 5.82 Å². The smallest absolute Gasteiger partial charge is 0.164 e. The number of carbonyl (C=O) groups is 1. The summed E-state index contributed by atoms with van der Waals surface area (Å²) in [5.41, 5.74) is 10.3. The van der Waals surface area contributed by atoms with Crippen molar-refractivity contribution < 1.29 is 9.18 Å². The largest absolute Gasteiger partial charge is 0.404 e. The molecular formula is C25H28ClFN4O. The van der Waals surface area contributed by atoms with Crippen molar-refractivity contribution in [2.75, 3.05) is 7.05 Å². The molecule has 2 N–H and O–H groups in total. The van der Waals surface area contributed by atoms with Crippen LogP contribution in [0, 0.1) is 17.7 Å². The number of carbonyl (C=O) groups excluding carboxylic acids is 1. The molecular weight excluding hydrogens is 427 g/mol. The summed E-state index contributed by atoms with van der Waals surface area (Å²) < 4.78 is 14.4. The zero-order valence-corrected chi connectivity index (χ0v) is 19.5. The molecule has 0 bridgehead atoms. The SMILES string of the molecule is CN=CC(=CN)C(C)C(C)C(=O)C1=C(c2ccc(Cl)c(F)c2)N2N=CC=CC2=C(C)CC1. The Morgan fingerprint density at radius 3 is 2.72 bits per heavy atom. The summed E-state index contributed by atoms with van der Waals surface area (Å²) in [6.07, 6.45) is 9.86. The fraction of sp³-hybridized carbons (Fsp3) is 0.320. The first-order valence-corrected chi connectivity index (χ1v) is 10.9. The number of hydrogen-bond acceptors (Lipinski definition) is 5. The molecule has 0 saturated heterocycles. The van der Waals surface area contributed by atoms with Crippen LogP contribution < -0.4 is 5.73 Å². The van der Waals surface area contributed by atoms with Crippen LogP contribution in [0.3, 0.4) is 0 Å². The Bertz CT molecular complexity index is 1100. The van der Waals surface area contributed by atoms with Gasteiger partial charge in [-0.2, -0.15) is 5.10 Å². The van der Waals surface area contributed by atoms with Crippen LogP contribution in [-0.4, -0.2) is 30.3 Å². The van der Waals surface area contributed by atoms with Crippen LogP contribution in [0.4, 0.5) is 4.39 Å². The Morgan fingerprint density at radius 2 is 2.06 bits per heavy atom. The van der Waals surface area contributed by atoms with E-state index in [-0.39, 0.29) is 22.6 Å². The molecule has 2 heterocycles. The van der Waals surface area contributed by atoms with Gasteiger partial charge in [0, 0.05) is 36.5 Å². The standard InChI is InChI=1S/C25H28ClFN4O/c1-15-7-9-20(25(32)17(3)16(2)19(13-28)14-29-4)24(31-23(15)6-5-11-30-31)18-8-10-21(26)22(27)12-18/h5-6,8,10-14,16-17H,7,9,28H2,1-4H3. The third kappa shape index (κ3) is 4.60. The van der Waals surface area contributed by atoms with Crippen molar-refractivity contribution in [1.82, 2.24) is 5.01 Å². The van der Waals surface area contributed by atoms with E-state index in [1.807, 2.05) is 32.9 Å². The van der Waals surface area contributed by atoms with E-state index in [2.05, 4.69) is 10.1 Å². The number of Topliss-reactive ketones (excluding diaryl/α,β-unsaturated/α-hetero) is 1. The van der Waals surface area contributed by atoms with Crippen LogP contribution in [-0.2, 0) is 4.79 Å². The van der Waals surface area contributed by atoms with Crippen LogP contribution in [0.5, 0.6) is 0 Å². The number of halogens is 2. The monoisotopic (exact) mass is 454 g/mol. The quantitative estimate of drug-likeness (QED) is 0.577. The Kier molecular flexibility index (Phi) is 7.46. The summed E-state index contributed by atoms with van der Waals surface area (Å²) in [5.74, 6) is -1.07. The topological polar surface area (TPSA) is 71.0 Å². The van der Waals surface area contributed by atoms with Crippen LogP contribution in [0.2, 0.25) is 5.02 Å². The summed E-state index contributed by atoms with van der Waals surface area (Å²) in [5, 5.41) is 6.30. The maximum atomic E-state index is 14.4. The van der Waals surface area contributed by atoms with Crippen molar-refractivity contribution in [3.8, 4) is 0 Å². The molecule has 5 nitrogen and oxygen atoms in total. The van der Waals surface area contributed by atoms with E-state index in [1.165, 1.54) is 18.3 Å². The molecule has 0 saturated carbocycles. The highest BCUT2D eigenvalue weighted by molar-refractivity contribution is 6.30. The van der Waals surface area contributed by atoms with Crippen molar-refractivity contribution >= 4 is 35.5 Å². The molecule has 2 unspecified atom stereocenters. The van der Waals surface area contributed by atoms with Gasteiger partial charge in [-0.25, -0.2) is 9.40 Å². The average molecular weight is 455 g/mol. The number of ketones is 1. The second kappa shape index (κ2) is 10.1. The van der Waals surface area contributed by atoms with E-state index in [4.69, 9.17) is 17.3 Å². The number of allylic oxidation sites excluding steroid dienone is 5. The van der Waals surface area contributed by atoms with Crippen LogP contribution in [0.15, 0.2) is 69.1 Å². The number of benzene rings is 1. The first-order chi connectivity index (χ1) is 15.3. The molecule has 32 heavy (non-hydrogen) atoms. The third-order valence-corrected chi connectivity index (χ3v) is 6.39. The van der Waals surface area contributed by atoms with Gasteiger partial charge in [-0.3, -0.25) is 9.79 Å². The predicted molar refractivity (Wildman–Crippen MR) is 130 cm³/mol. The number of hydrazone groups is 1. The molecule has 1 aromatic rings. The minimum absolute atomic E-state index is 0.0227. The average Bonchev–Trinajstić information content (AvgIpc) is 2.94. The summed E-state index contributed by atoms with van der Waals surface area (Å²) in [4.78, 5) is 17.9. The first-order valence-electron chi connectivity index (χ1n) is 10.6. The van der Waals surface area contributed by atoms with Gasteiger partial charge in [-0.1, -0.05) is 31.5 Å². The summed E-state index contributed by atoms with van der Waals surface area (Å²) >= 11 is 5.93. The lowest BCUT2D eigenvalue weighted by Gasteiger charge is -2.28. The summed E-state index contributed by atoms with van der Waals surface area (Å²) in [6.45, 7) is 5.87. The first kappa shape index (κ1) is 23.7. The number of aliphatic imine (C=N–C) groups is 1. The number of rotatable bonds is 6. The Hall–Kier alpha value is -2.99. The van der Waals surface area contributed by atoms with Gasteiger partial charge < -0.3 is 5.73 Å². The van der Waals surface area contributed by atoms with Crippen molar-refractivity contribution in [3.63, 3.8) is 0 Å². The zero-order chi connectivity index (χ0) is 23.4. The maximum absolute atomic E-state index is 14.4. The highest BCUT2D eigenvalue weighted by Gasteiger charge is 2.32. The maximum Gasteiger partial charge on any atom is 0.164 e. The lowest BCUT2D eigenvalue weighted by molar-refractivity contribution is -0.119. The molecule has 2 aliphatic rings. The van der Waals surface area contributed by atoms with Gasteiger partial charge in [0.2, 0.25) is 0 Å². The van der Waals surface area contributed by atoms with E-state index >= 15 is 0 Å². The van der Waals surface area contributed by atoms with Crippen molar-refractivity contribution in [3.05, 3.63) is 75.4 Å². The van der Waals surface area contributed by atoms with Gasteiger partial charge in [0.1, 0.15) is 5.82 Å². The molecule has 3 rings (SSSR count). The molecule has 2 aliphatic heterocycles. The van der Waals surface area contributed by atoms with Crippen molar-refractivity contribution in [2.24, 2.45) is 27.7 Å². The van der Waals surface area contributed by atoms with Gasteiger partial charge >= 0.3 is 0 Å². The Labute approximate surface area is 193 Å². The van der Waals surface area contributed by atoms with Crippen molar-refractivity contribution in [1.29, 1.82) is 0 Å². The summed E-state index contributed by atoms with van der Waals surface area (Å²) in [7, 11) is 1.67. The van der Waals surface area contributed by atoms with E-state index in [0.29, 0.717) is 29.7 Å². The number of nitrogens with zero attached hydrogens (tertiary/aromatic N) is 3. The van der Waals surface area contributed by atoms with Gasteiger partial charge in [-0.05, 0) is 67.3 Å². The van der Waals surface area contributed by atoms with E-state index in [0.717, 1.165) is 16.8 Å². The van der Waals surface area contributed by atoms with Crippen LogP contribution >= 0.6 is 11.6 Å². The molecule has 1 aromatic carbocycles. The van der Waals surface area contributed by atoms with Gasteiger partial charge in [0.15, 0.2) is 5.78 Å². The number of nitrogens with two attached hydrogens (primary N) is 1. The molecule has 168 valence electrons. The van der Waals surface area contributed by atoms with Gasteiger partial charge in [-0.15, -0.1) is 0 Å². The van der Waals surface area contributed by atoms with Crippen LogP contribution in [0.1, 0.15) is 39.2 Å². The molecule has 0 spiro atoms. The van der Waals surface area contributed by atoms with Crippen molar-refractivity contribution in [2.45, 2.75) is 33.6 Å². The fourth-order valence-electron chi connectivity index (χ4n) is 3.99. The van der Waals surface area contributed by atoms with Crippen LogP contribution in [0.25, 0.3) is 5.70 Å². The lowest BCUT2D eigenvalue weighted by Crippen LogP contribution is -2.26. The molecule has 0 amide bonds. The van der Waals surface area contributed by atoms with Gasteiger partial charge in [0.05, 0.1) is 16.4 Å². The number of hydrogen-bond donors (Lipinski definition) is 1. The van der Waals surface area contributed by atoms with Gasteiger partial charge in [0.25, 0.3) is 0 Å². The Balaban J connectivity index is 2.17. The summed E-state index contributed by atoms with van der Waals surface area (Å²) in [6, 6.07) is 4.59. The molecule has 7 heteroatoms. The van der Waals surface area contributed by atoms with E-state index in [9.17, 15) is 9.18 Å². The molecule has 2 atom stereocenters. The molecule has 0 fully saturated rings. The second-order valence-electron chi connectivity index (χ2n) is 8.05. The number of fused-ring (bicyclic) bond motifs is 1. The minimum atomic E-state index is -0.541. The molecule has 0 aliphatic carbocycles. The molecule has 0 radical (unpaired) electrons. The molecule has 0 aromatic heterocycles. The third-order valence-electron chi connectivity index (χ3n) is 6.09. The van der Waals surface area contributed by atoms with E-state index in [1.54, 1.807) is 30.6 Å². The minimum Gasteiger partial charge on any atom is -0.404 e. The zero-order valence-electron chi connectivity index (χ0n) is 18.8. The Morgan fingerprint density at radius 1 is 1.31 bits per heavy atom. The fourth-order valence-corrected chi connectivity index (χ4v) is 4.11. The highest BCUT2D eigenvalue weighted by atomic mass is 35.5. The lowest BCUT2D eigenvalue weighted by atomic mass is 9.82. The predicted octanol–water partition coefficient (Wildman–Crippen LogP) is 5.50. The normalized spacial score (nSPS) is 18.8. The highest BCUT2D eigenvalue weighted by Crippen LogP contribution is 2.39.